The first-order valence-electron chi connectivity index (χ1n) is 7.29. The molecule has 1 aromatic carbocycles. The molecule has 0 spiro atoms. The Balaban J connectivity index is 1.71. The Hall–Kier alpha value is -1.37. The number of ether oxygens (including phenoxy) is 1. The monoisotopic (exact) mass is 337 g/mol. The van der Waals surface area contributed by atoms with Crippen molar-refractivity contribution >= 4 is 21.4 Å². The van der Waals surface area contributed by atoms with Gasteiger partial charge in [-0.1, -0.05) is 6.07 Å². The van der Waals surface area contributed by atoms with Gasteiger partial charge in [0.25, 0.3) is 0 Å². The molecule has 0 atom stereocenters. The van der Waals surface area contributed by atoms with Gasteiger partial charge in [0.2, 0.25) is 10.0 Å². The van der Waals surface area contributed by atoms with Crippen LogP contribution in [0.25, 0.3) is 0 Å². The number of benzene rings is 1. The van der Waals surface area contributed by atoms with Gasteiger partial charge in [0.1, 0.15) is 5.75 Å². The van der Waals surface area contributed by atoms with Crippen LogP contribution in [0.1, 0.15) is 23.6 Å². The fraction of sp³-hybridized carbons (Fsp3) is 0.375. The third kappa shape index (κ3) is 3.04. The maximum Gasteiger partial charge on any atom is 0.243 e. The molecule has 0 amide bonds. The van der Waals surface area contributed by atoms with Crippen LogP contribution >= 0.6 is 11.3 Å². The molecule has 118 valence electrons. The number of sulfonamides is 1. The fourth-order valence-corrected chi connectivity index (χ4v) is 5.17. The van der Waals surface area contributed by atoms with E-state index in [2.05, 4.69) is 17.5 Å². The molecule has 6 heteroatoms. The summed E-state index contributed by atoms with van der Waals surface area (Å²) in [5, 5.41) is 2.08. The van der Waals surface area contributed by atoms with Crippen molar-refractivity contribution in [2.75, 3.05) is 20.2 Å². The second-order valence-electron chi connectivity index (χ2n) is 5.37. The van der Waals surface area contributed by atoms with Crippen LogP contribution in [0.3, 0.4) is 0 Å². The highest BCUT2D eigenvalue weighted by atomic mass is 32.2. The molecule has 0 saturated carbocycles. The third-order valence-corrected chi connectivity index (χ3v) is 7.04. The molecule has 1 aromatic heterocycles. The van der Waals surface area contributed by atoms with Gasteiger partial charge in [0, 0.05) is 18.0 Å². The molecule has 4 nitrogen and oxygen atoms in total. The number of methoxy groups -OCH3 is 1. The molecule has 2 heterocycles. The van der Waals surface area contributed by atoms with Crippen molar-refractivity contribution in [3.63, 3.8) is 0 Å². The zero-order valence-corrected chi connectivity index (χ0v) is 14.1. The predicted octanol–water partition coefficient (Wildman–Crippen LogP) is 3.33. The molecule has 0 unspecified atom stereocenters. The minimum atomic E-state index is -3.40. The fourth-order valence-electron chi connectivity index (χ4n) is 2.80. The summed E-state index contributed by atoms with van der Waals surface area (Å²) in [6, 6.07) is 10.8. The second-order valence-corrected chi connectivity index (χ2v) is 8.29. The lowest BCUT2D eigenvalue weighted by Crippen LogP contribution is -2.37. The number of hydrogen-bond acceptors (Lipinski definition) is 4. The number of piperidine rings is 1. The average molecular weight is 337 g/mol. The van der Waals surface area contributed by atoms with Gasteiger partial charge in [-0.25, -0.2) is 8.42 Å². The maximum absolute atomic E-state index is 12.7. The Morgan fingerprint density at radius 3 is 2.36 bits per heavy atom. The van der Waals surface area contributed by atoms with Crippen molar-refractivity contribution < 1.29 is 13.2 Å². The largest absolute Gasteiger partial charge is 0.497 e. The smallest absolute Gasteiger partial charge is 0.243 e. The third-order valence-electron chi connectivity index (χ3n) is 4.10. The van der Waals surface area contributed by atoms with Crippen LogP contribution in [0.4, 0.5) is 0 Å². The molecule has 1 aliphatic rings. The van der Waals surface area contributed by atoms with Gasteiger partial charge < -0.3 is 4.74 Å². The molecule has 0 aliphatic carbocycles. The Bertz CT molecular complexity index is 700. The van der Waals surface area contributed by atoms with Gasteiger partial charge in [0.05, 0.1) is 12.0 Å². The van der Waals surface area contributed by atoms with Gasteiger partial charge in [-0.3, -0.25) is 0 Å². The van der Waals surface area contributed by atoms with E-state index >= 15 is 0 Å². The van der Waals surface area contributed by atoms with Crippen LogP contribution in [-0.4, -0.2) is 32.9 Å². The van der Waals surface area contributed by atoms with Gasteiger partial charge in [-0.2, -0.15) is 4.31 Å². The number of rotatable bonds is 4. The number of hydrogen-bond donors (Lipinski definition) is 0. The highest BCUT2D eigenvalue weighted by Crippen LogP contribution is 2.33. The molecular formula is C16H19NO3S2. The summed E-state index contributed by atoms with van der Waals surface area (Å²) in [7, 11) is -1.83. The van der Waals surface area contributed by atoms with E-state index in [9.17, 15) is 8.42 Å². The van der Waals surface area contributed by atoms with Gasteiger partial charge in [0.15, 0.2) is 0 Å². The SMILES string of the molecule is COc1ccc(S(=O)(=O)N2CCC(c3cccs3)CC2)cc1. The van der Waals surface area contributed by atoms with Crippen LogP contribution in [0.2, 0.25) is 0 Å². The lowest BCUT2D eigenvalue weighted by atomic mass is 9.97. The van der Waals surface area contributed by atoms with Crippen LogP contribution in [-0.2, 0) is 10.0 Å². The topological polar surface area (TPSA) is 46.6 Å². The predicted molar refractivity (Wildman–Crippen MR) is 88.0 cm³/mol. The molecule has 1 fully saturated rings. The van der Waals surface area contributed by atoms with Crippen LogP contribution in [0, 0.1) is 0 Å². The Labute approximate surface area is 135 Å². The summed E-state index contributed by atoms with van der Waals surface area (Å²) in [6.45, 7) is 1.16. The van der Waals surface area contributed by atoms with Crippen molar-refractivity contribution in [1.82, 2.24) is 4.31 Å². The van der Waals surface area contributed by atoms with Crippen molar-refractivity contribution in [1.29, 1.82) is 0 Å². The highest BCUT2D eigenvalue weighted by molar-refractivity contribution is 7.89. The van der Waals surface area contributed by atoms with E-state index in [1.54, 1.807) is 47.0 Å². The number of nitrogens with zero attached hydrogens (tertiary/aromatic N) is 1. The maximum atomic E-state index is 12.7. The van der Waals surface area contributed by atoms with Crippen LogP contribution in [0.15, 0.2) is 46.7 Å². The van der Waals surface area contributed by atoms with E-state index in [0.29, 0.717) is 29.7 Å². The quantitative estimate of drug-likeness (QED) is 0.860. The molecule has 1 saturated heterocycles. The van der Waals surface area contributed by atoms with Crippen LogP contribution in [0.5, 0.6) is 5.75 Å². The normalized spacial score (nSPS) is 17.5. The summed E-state index contributed by atoms with van der Waals surface area (Å²) in [5.41, 5.74) is 0. The summed E-state index contributed by atoms with van der Waals surface area (Å²) in [4.78, 5) is 1.70. The van der Waals surface area contributed by atoms with Crippen molar-refractivity contribution in [3.8, 4) is 5.75 Å². The van der Waals surface area contributed by atoms with Crippen LogP contribution < -0.4 is 4.74 Å². The molecule has 1 aliphatic heterocycles. The molecule has 0 bridgehead atoms. The molecule has 0 radical (unpaired) electrons. The summed E-state index contributed by atoms with van der Waals surface area (Å²) in [5.74, 6) is 1.15. The van der Waals surface area contributed by atoms with Gasteiger partial charge in [-0.05, 0) is 54.5 Å². The van der Waals surface area contributed by atoms with Gasteiger partial charge >= 0.3 is 0 Å². The Kier molecular flexibility index (Phi) is 4.52. The minimum absolute atomic E-state index is 0.336. The van der Waals surface area contributed by atoms with E-state index in [1.807, 2.05) is 0 Å². The van der Waals surface area contributed by atoms with Crippen molar-refractivity contribution in [2.45, 2.75) is 23.7 Å². The van der Waals surface area contributed by atoms with E-state index in [4.69, 9.17) is 4.74 Å². The molecule has 22 heavy (non-hydrogen) atoms. The molecule has 3 rings (SSSR count). The molecular weight excluding hydrogens is 318 g/mol. The minimum Gasteiger partial charge on any atom is -0.497 e. The van der Waals surface area contributed by atoms with E-state index in [0.717, 1.165) is 12.8 Å². The summed E-state index contributed by atoms with van der Waals surface area (Å²) >= 11 is 1.76. The zero-order valence-electron chi connectivity index (χ0n) is 12.4. The lowest BCUT2D eigenvalue weighted by Gasteiger charge is -2.30. The standard InChI is InChI=1S/C16H19NO3S2/c1-20-14-4-6-15(7-5-14)22(18,19)17-10-8-13(9-11-17)16-3-2-12-21-16/h2-7,12-13H,8-11H2,1H3. The average Bonchev–Trinajstić information content (AvgIpc) is 3.09. The zero-order chi connectivity index (χ0) is 15.6. The Morgan fingerprint density at radius 2 is 1.82 bits per heavy atom. The van der Waals surface area contributed by atoms with Gasteiger partial charge in [-0.15, -0.1) is 11.3 Å². The highest BCUT2D eigenvalue weighted by Gasteiger charge is 2.30. The first-order chi connectivity index (χ1) is 10.6. The van der Waals surface area contributed by atoms with E-state index < -0.39 is 10.0 Å². The first-order valence-corrected chi connectivity index (χ1v) is 9.61. The lowest BCUT2D eigenvalue weighted by molar-refractivity contribution is 0.321. The first kappa shape index (κ1) is 15.5. The van der Waals surface area contributed by atoms with E-state index in [1.165, 1.54) is 4.88 Å². The second kappa shape index (κ2) is 6.40. The van der Waals surface area contributed by atoms with Crippen molar-refractivity contribution in [2.24, 2.45) is 0 Å². The van der Waals surface area contributed by atoms with E-state index in [-0.39, 0.29) is 0 Å². The Morgan fingerprint density at radius 1 is 1.14 bits per heavy atom. The summed E-state index contributed by atoms with van der Waals surface area (Å²) < 4.78 is 32.0. The molecule has 0 N–H and O–H groups in total. The number of thiophene rings is 1. The van der Waals surface area contributed by atoms with Crippen molar-refractivity contribution in [3.05, 3.63) is 46.7 Å². The molecule has 2 aromatic rings. The summed E-state index contributed by atoms with van der Waals surface area (Å²) in [6.07, 6.45) is 1.77.